The maximum Gasteiger partial charge on any atom is 0.0557 e. The molecule has 1 aliphatic heterocycles. The number of rotatable bonds is 5. The van der Waals surface area contributed by atoms with Gasteiger partial charge in [0.2, 0.25) is 0 Å². The number of aryl methyl sites for hydroxylation is 1. The van der Waals surface area contributed by atoms with E-state index in [0.717, 1.165) is 32.6 Å². The molecule has 0 spiro atoms. The van der Waals surface area contributed by atoms with E-state index in [9.17, 15) is 5.11 Å². The highest BCUT2D eigenvalue weighted by Gasteiger charge is 2.27. The Labute approximate surface area is 116 Å². The van der Waals surface area contributed by atoms with E-state index in [4.69, 9.17) is 0 Å². The van der Waals surface area contributed by atoms with Crippen LogP contribution < -0.4 is 10.2 Å². The number of aliphatic hydroxyl groups is 1. The smallest absolute Gasteiger partial charge is 0.0557 e. The van der Waals surface area contributed by atoms with Gasteiger partial charge in [-0.25, -0.2) is 0 Å². The van der Waals surface area contributed by atoms with Gasteiger partial charge in [-0.15, -0.1) is 0 Å². The van der Waals surface area contributed by atoms with Crippen molar-refractivity contribution >= 4 is 5.69 Å². The molecule has 1 heterocycles. The molecule has 1 aromatic rings. The van der Waals surface area contributed by atoms with Crippen molar-refractivity contribution in [1.29, 1.82) is 0 Å². The van der Waals surface area contributed by atoms with Crippen LogP contribution in [0.1, 0.15) is 31.4 Å². The van der Waals surface area contributed by atoms with Crippen molar-refractivity contribution in [3.63, 3.8) is 0 Å². The van der Waals surface area contributed by atoms with E-state index in [0.29, 0.717) is 5.92 Å². The molecule has 106 valence electrons. The summed E-state index contributed by atoms with van der Waals surface area (Å²) < 4.78 is 0. The standard InChI is InChI=1S/C16H26N2O/c1-4-17-10-15-9-12(2)5-6-16(15)18-8-7-14(11-18)13(3)19/h5-6,9,13-14,17,19H,4,7-8,10-11H2,1-3H3. The highest BCUT2D eigenvalue weighted by Crippen LogP contribution is 2.29. The van der Waals surface area contributed by atoms with Crippen molar-refractivity contribution in [2.75, 3.05) is 24.5 Å². The zero-order chi connectivity index (χ0) is 13.8. The third kappa shape index (κ3) is 3.48. The Morgan fingerprint density at radius 3 is 2.89 bits per heavy atom. The molecule has 19 heavy (non-hydrogen) atoms. The molecule has 0 aromatic heterocycles. The Morgan fingerprint density at radius 1 is 1.47 bits per heavy atom. The topological polar surface area (TPSA) is 35.5 Å². The molecule has 0 radical (unpaired) electrons. The second-order valence-electron chi connectivity index (χ2n) is 5.65. The van der Waals surface area contributed by atoms with Gasteiger partial charge in [-0.1, -0.05) is 24.6 Å². The van der Waals surface area contributed by atoms with E-state index in [1.165, 1.54) is 16.8 Å². The maximum atomic E-state index is 9.73. The fourth-order valence-corrected chi connectivity index (χ4v) is 2.82. The first kappa shape index (κ1) is 14.4. The summed E-state index contributed by atoms with van der Waals surface area (Å²) in [7, 11) is 0. The van der Waals surface area contributed by atoms with Crippen molar-refractivity contribution in [2.24, 2.45) is 5.92 Å². The van der Waals surface area contributed by atoms with Crippen LogP contribution in [-0.2, 0) is 6.54 Å². The number of benzene rings is 1. The summed E-state index contributed by atoms with van der Waals surface area (Å²) in [5.41, 5.74) is 4.01. The Hall–Kier alpha value is -1.06. The van der Waals surface area contributed by atoms with Crippen LogP contribution >= 0.6 is 0 Å². The molecule has 0 amide bonds. The van der Waals surface area contributed by atoms with E-state index in [1.807, 2.05) is 6.92 Å². The van der Waals surface area contributed by atoms with Gasteiger partial charge in [0.05, 0.1) is 6.10 Å². The van der Waals surface area contributed by atoms with E-state index < -0.39 is 0 Å². The molecule has 3 heteroatoms. The number of nitrogens with one attached hydrogen (secondary N) is 1. The summed E-state index contributed by atoms with van der Waals surface area (Å²) >= 11 is 0. The SMILES string of the molecule is CCNCc1cc(C)ccc1N1CCC(C(C)O)C1. The molecular formula is C16H26N2O. The summed E-state index contributed by atoms with van der Waals surface area (Å²) in [4.78, 5) is 2.42. The second kappa shape index (κ2) is 6.40. The zero-order valence-corrected chi connectivity index (χ0v) is 12.3. The minimum Gasteiger partial charge on any atom is -0.393 e. The van der Waals surface area contributed by atoms with Gasteiger partial charge in [0, 0.05) is 31.2 Å². The van der Waals surface area contributed by atoms with Crippen LogP contribution in [-0.4, -0.2) is 30.8 Å². The fourth-order valence-electron chi connectivity index (χ4n) is 2.82. The largest absolute Gasteiger partial charge is 0.393 e. The zero-order valence-electron chi connectivity index (χ0n) is 12.3. The molecule has 0 bridgehead atoms. The summed E-state index contributed by atoms with van der Waals surface area (Å²) in [5, 5.41) is 13.1. The van der Waals surface area contributed by atoms with Gasteiger partial charge in [-0.05, 0) is 38.4 Å². The Morgan fingerprint density at radius 2 is 2.26 bits per heavy atom. The molecule has 2 N–H and O–H groups in total. The first-order chi connectivity index (χ1) is 9.11. The van der Waals surface area contributed by atoms with Crippen molar-refractivity contribution in [3.05, 3.63) is 29.3 Å². The predicted octanol–water partition coefficient (Wildman–Crippen LogP) is 2.31. The third-order valence-corrected chi connectivity index (χ3v) is 4.05. The van der Waals surface area contributed by atoms with Gasteiger partial charge in [0.25, 0.3) is 0 Å². The third-order valence-electron chi connectivity index (χ3n) is 4.05. The monoisotopic (exact) mass is 262 g/mol. The van der Waals surface area contributed by atoms with Crippen molar-refractivity contribution in [2.45, 2.75) is 39.8 Å². The molecule has 1 aliphatic rings. The lowest BCUT2D eigenvalue weighted by Gasteiger charge is -2.23. The second-order valence-corrected chi connectivity index (χ2v) is 5.65. The average Bonchev–Trinajstić information content (AvgIpc) is 2.86. The molecule has 0 saturated carbocycles. The van der Waals surface area contributed by atoms with Gasteiger partial charge in [0.15, 0.2) is 0 Å². The van der Waals surface area contributed by atoms with Crippen molar-refractivity contribution < 1.29 is 5.11 Å². The van der Waals surface area contributed by atoms with Crippen LogP contribution in [0.25, 0.3) is 0 Å². The van der Waals surface area contributed by atoms with Gasteiger partial charge in [0.1, 0.15) is 0 Å². The first-order valence-electron chi connectivity index (χ1n) is 7.35. The van der Waals surface area contributed by atoms with E-state index in [-0.39, 0.29) is 6.10 Å². The lowest BCUT2D eigenvalue weighted by molar-refractivity contribution is 0.136. The molecule has 1 fully saturated rings. The number of aliphatic hydroxyl groups excluding tert-OH is 1. The Kier molecular flexibility index (Phi) is 4.83. The minimum atomic E-state index is -0.201. The van der Waals surface area contributed by atoms with Crippen LogP contribution in [0.15, 0.2) is 18.2 Å². The summed E-state index contributed by atoms with van der Waals surface area (Å²) in [6.45, 7) is 10.1. The van der Waals surface area contributed by atoms with Crippen LogP contribution in [0.5, 0.6) is 0 Å². The van der Waals surface area contributed by atoms with Crippen molar-refractivity contribution in [1.82, 2.24) is 5.32 Å². The molecule has 3 nitrogen and oxygen atoms in total. The van der Waals surface area contributed by atoms with Crippen LogP contribution in [0, 0.1) is 12.8 Å². The number of anilines is 1. The number of hydrogen-bond donors (Lipinski definition) is 2. The van der Waals surface area contributed by atoms with Crippen molar-refractivity contribution in [3.8, 4) is 0 Å². The van der Waals surface area contributed by atoms with E-state index in [1.54, 1.807) is 0 Å². The molecule has 0 aliphatic carbocycles. The number of hydrogen-bond acceptors (Lipinski definition) is 3. The normalized spacial score (nSPS) is 20.8. The quantitative estimate of drug-likeness (QED) is 0.855. The van der Waals surface area contributed by atoms with Gasteiger partial charge < -0.3 is 15.3 Å². The van der Waals surface area contributed by atoms with Gasteiger partial charge in [-0.2, -0.15) is 0 Å². The van der Waals surface area contributed by atoms with E-state index >= 15 is 0 Å². The summed E-state index contributed by atoms with van der Waals surface area (Å²) in [6.07, 6.45) is 0.888. The van der Waals surface area contributed by atoms with E-state index in [2.05, 4.69) is 42.3 Å². The van der Waals surface area contributed by atoms with Crippen LogP contribution in [0.3, 0.4) is 0 Å². The van der Waals surface area contributed by atoms with Crippen LogP contribution in [0.2, 0.25) is 0 Å². The molecule has 2 unspecified atom stereocenters. The molecule has 2 rings (SSSR count). The van der Waals surface area contributed by atoms with Gasteiger partial charge >= 0.3 is 0 Å². The number of nitrogens with zero attached hydrogens (tertiary/aromatic N) is 1. The fraction of sp³-hybridized carbons (Fsp3) is 0.625. The lowest BCUT2D eigenvalue weighted by atomic mass is 10.0. The average molecular weight is 262 g/mol. The highest BCUT2D eigenvalue weighted by molar-refractivity contribution is 5.55. The Bertz CT molecular complexity index is 417. The first-order valence-corrected chi connectivity index (χ1v) is 7.35. The molecule has 2 atom stereocenters. The lowest BCUT2D eigenvalue weighted by Crippen LogP contribution is -2.25. The predicted molar refractivity (Wildman–Crippen MR) is 80.6 cm³/mol. The Balaban J connectivity index is 2.15. The van der Waals surface area contributed by atoms with Crippen LogP contribution in [0.4, 0.5) is 5.69 Å². The highest BCUT2D eigenvalue weighted by atomic mass is 16.3. The summed E-state index contributed by atoms with van der Waals surface area (Å²) in [5.74, 6) is 0.410. The molecule has 1 saturated heterocycles. The minimum absolute atomic E-state index is 0.201. The molecule has 1 aromatic carbocycles. The molecular weight excluding hydrogens is 236 g/mol. The summed E-state index contributed by atoms with van der Waals surface area (Å²) in [6, 6.07) is 6.68. The van der Waals surface area contributed by atoms with Gasteiger partial charge in [-0.3, -0.25) is 0 Å². The maximum absolute atomic E-state index is 9.73.